The van der Waals surface area contributed by atoms with Gasteiger partial charge in [0.15, 0.2) is 0 Å². The molecule has 1 atom stereocenters. The van der Waals surface area contributed by atoms with E-state index < -0.39 is 5.60 Å². The SMILES string of the molecule is CN(C)CC(Cc1ccccc1)NC(=O)N(C)CC(C)(C)O. The maximum Gasteiger partial charge on any atom is 0.317 e. The predicted molar refractivity (Wildman–Crippen MR) is 89.9 cm³/mol. The Labute approximate surface area is 133 Å². The number of carbonyl (C=O) groups excluding carboxylic acids is 1. The van der Waals surface area contributed by atoms with Gasteiger partial charge in [-0.05, 0) is 39.9 Å². The molecule has 0 aliphatic heterocycles. The standard InChI is InChI=1S/C17H29N3O2/c1-17(2,22)13-20(5)16(21)18-15(12-19(3)4)11-14-9-7-6-8-10-14/h6-10,15,22H,11-13H2,1-5H3,(H,18,21). The summed E-state index contributed by atoms with van der Waals surface area (Å²) in [7, 11) is 5.68. The van der Waals surface area contributed by atoms with Gasteiger partial charge in [0.2, 0.25) is 0 Å². The molecule has 22 heavy (non-hydrogen) atoms. The maximum atomic E-state index is 12.3. The van der Waals surface area contributed by atoms with Crippen LogP contribution in [0.3, 0.4) is 0 Å². The van der Waals surface area contributed by atoms with E-state index in [0.29, 0.717) is 6.54 Å². The van der Waals surface area contributed by atoms with Crippen molar-refractivity contribution in [1.82, 2.24) is 15.1 Å². The molecule has 0 saturated carbocycles. The summed E-state index contributed by atoms with van der Waals surface area (Å²) >= 11 is 0. The van der Waals surface area contributed by atoms with E-state index in [1.54, 1.807) is 20.9 Å². The van der Waals surface area contributed by atoms with Crippen molar-refractivity contribution in [3.8, 4) is 0 Å². The quantitative estimate of drug-likeness (QED) is 0.804. The summed E-state index contributed by atoms with van der Waals surface area (Å²) in [6, 6.07) is 9.98. The lowest BCUT2D eigenvalue weighted by Crippen LogP contribution is -2.50. The van der Waals surface area contributed by atoms with Crippen molar-refractivity contribution in [2.75, 3.05) is 34.2 Å². The zero-order chi connectivity index (χ0) is 16.8. The number of hydrogen-bond acceptors (Lipinski definition) is 3. The summed E-state index contributed by atoms with van der Waals surface area (Å²) in [4.78, 5) is 15.9. The molecule has 0 radical (unpaired) electrons. The summed E-state index contributed by atoms with van der Waals surface area (Å²) in [5.41, 5.74) is 0.294. The fourth-order valence-corrected chi connectivity index (χ4v) is 2.44. The van der Waals surface area contributed by atoms with Crippen molar-refractivity contribution in [2.45, 2.75) is 31.9 Å². The largest absolute Gasteiger partial charge is 0.389 e. The second-order valence-corrected chi connectivity index (χ2v) is 6.77. The topological polar surface area (TPSA) is 55.8 Å². The minimum absolute atomic E-state index is 0.0224. The number of likely N-dealkylation sites (N-methyl/N-ethyl adjacent to an activating group) is 2. The monoisotopic (exact) mass is 307 g/mol. The average molecular weight is 307 g/mol. The van der Waals surface area contributed by atoms with E-state index in [2.05, 4.69) is 22.3 Å². The van der Waals surface area contributed by atoms with Gasteiger partial charge in [-0.15, -0.1) is 0 Å². The minimum atomic E-state index is -0.900. The molecule has 124 valence electrons. The van der Waals surface area contributed by atoms with E-state index in [4.69, 9.17) is 0 Å². The van der Waals surface area contributed by atoms with Crippen molar-refractivity contribution in [3.63, 3.8) is 0 Å². The van der Waals surface area contributed by atoms with Crippen LogP contribution < -0.4 is 5.32 Å². The van der Waals surface area contributed by atoms with Gasteiger partial charge in [0, 0.05) is 19.6 Å². The van der Waals surface area contributed by atoms with E-state index >= 15 is 0 Å². The van der Waals surface area contributed by atoms with Crippen LogP contribution in [0.1, 0.15) is 19.4 Å². The van der Waals surface area contributed by atoms with Gasteiger partial charge in [0.05, 0.1) is 12.1 Å². The molecule has 1 unspecified atom stereocenters. The Morgan fingerprint density at radius 3 is 2.32 bits per heavy atom. The van der Waals surface area contributed by atoms with Gasteiger partial charge in [0.1, 0.15) is 0 Å². The van der Waals surface area contributed by atoms with E-state index in [9.17, 15) is 9.90 Å². The first-order valence-electron chi connectivity index (χ1n) is 7.60. The zero-order valence-electron chi connectivity index (χ0n) is 14.3. The highest BCUT2D eigenvalue weighted by atomic mass is 16.3. The molecule has 0 saturated heterocycles. The van der Waals surface area contributed by atoms with Crippen LogP contribution in [-0.4, -0.2) is 66.8 Å². The van der Waals surface area contributed by atoms with Gasteiger partial charge in [-0.3, -0.25) is 0 Å². The average Bonchev–Trinajstić information content (AvgIpc) is 2.36. The van der Waals surface area contributed by atoms with Gasteiger partial charge in [-0.25, -0.2) is 4.79 Å². The molecule has 0 aliphatic carbocycles. The van der Waals surface area contributed by atoms with Crippen LogP contribution in [0, 0.1) is 0 Å². The Bertz CT molecular complexity index is 455. The summed E-state index contributed by atoms with van der Waals surface area (Å²) < 4.78 is 0. The molecule has 5 nitrogen and oxygen atoms in total. The molecule has 0 bridgehead atoms. The summed E-state index contributed by atoms with van der Waals surface area (Å²) in [6.07, 6.45) is 0.779. The number of benzene rings is 1. The van der Waals surface area contributed by atoms with Crippen LogP contribution in [0.4, 0.5) is 4.79 Å². The fourth-order valence-electron chi connectivity index (χ4n) is 2.44. The van der Waals surface area contributed by atoms with E-state index in [1.165, 1.54) is 10.5 Å². The van der Waals surface area contributed by atoms with Crippen LogP contribution in [0.5, 0.6) is 0 Å². The third kappa shape index (κ3) is 7.43. The molecule has 0 aromatic heterocycles. The van der Waals surface area contributed by atoms with Gasteiger partial charge < -0.3 is 20.2 Å². The van der Waals surface area contributed by atoms with Gasteiger partial charge in [-0.2, -0.15) is 0 Å². The minimum Gasteiger partial charge on any atom is -0.389 e. The first-order chi connectivity index (χ1) is 10.2. The molecule has 0 aliphatic rings. The summed E-state index contributed by atoms with van der Waals surface area (Å²) in [6.45, 7) is 4.44. The first-order valence-corrected chi connectivity index (χ1v) is 7.60. The third-order valence-electron chi connectivity index (χ3n) is 3.21. The highest BCUT2D eigenvalue weighted by molar-refractivity contribution is 5.74. The van der Waals surface area contributed by atoms with Crippen LogP contribution in [0.25, 0.3) is 0 Å². The van der Waals surface area contributed by atoms with Gasteiger partial charge >= 0.3 is 6.03 Å². The molecule has 2 N–H and O–H groups in total. The van der Waals surface area contributed by atoms with Crippen molar-refractivity contribution in [2.24, 2.45) is 0 Å². The second kappa shape index (κ2) is 8.15. The lowest BCUT2D eigenvalue weighted by atomic mass is 10.1. The number of nitrogens with one attached hydrogen (secondary N) is 1. The Morgan fingerprint density at radius 2 is 1.82 bits per heavy atom. The molecule has 1 aromatic rings. The normalized spacial score (nSPS) is 13.0. The lowest BCUT2D eigenvalue weighted by Gasteiger charge is -2.29. The molecule has 0 heterocycles. The second-order valence-electron chi connectivity index (χ2n) is 6.77. The molecule has 2 amide bonds. The van der Waals surface area contributed by atoms with Gasteiger partial charge in [-0.1, -0.05) is 30.3 Å². The Balaban J connectivity index is 2.66. The van der Waals surface area contributed by atoms with Crippen molar-refractivity contribution < 1.29 is 9.90 Å². The highest BCUT2D eigenvalue weighted by Crippen LogP contribution is 2.06. The van der Waals surface area contributed by atoms with Crippen LogP contribution in [-0.2, 0) is 6.42 Å². The van der Waals surface area contributed by atoms with E-state index in [-0.39, 0.29) is 12.1 Å². The lowest BCUT2D eigenvalue weighted by molar-refractivity contribution is 0.0526. The highest BCUT2D eigenvalue weighted by Gasteiger charge is 2.21. The van der Waals surface area contributed by atoms with Crippen LogP contribution in [0.2, 0.25) is 0 Å². The molecular weight excluding hydrogens is 278 g/mol. The predicted octanol–water partition coefficient (Wildman–Crippen LogP) is 1.57. The van der Waals surface area contributed by atoms with E-state index in [1.807, 2.05) is 32.3 Å². The van der Waals surface area contributed by atoms with Crippen molar-refractivity contribution >= 4 is 6.03 Å². The molecule has 5 heteroatoms. The maximum absolute atomic E-state index is 12.3. The number of carbonyl (C=O) groups is 1. The molecule has 1 aromatic carbocycles. The summed E-state index contributed by atoms with van der Waals surface area (Å²) in [5, 5.41) is 12.9. The van der Waals surface area contributed by atoms with E-state index in [0.717, 1.165) is 13.0 Å². The number of amides is 2. The molecule has 1 rings (SSSR count). The number of nitrogens with zero attached hydrogens (tertiary/aromatic N) is 2. The molecule has 0 spiro atoms. The molecular formula is C17H29N3O2. The smallest absolute Gasteiger partial charge is 0.317 e. The van der Waals surface area contributed by atoms with Crippen molar-refractivity contribution in [3.05, 3.63) is 35.9 Å². The zero-order valence-corrected chi connectivity index (χ0v) is 14.3. The Morgan fingerprint density at radius 1 is 1.23 bits per heavy atom. The molecule has 0 fully saturated rings. The Hall–Kier alpha value is -1.59. The number of hydrogen-bond donors (Lipinski definition) is 2. The summed E-state index contributed by atoms with van der Waals surface area (Å²) in [5.74, 6) is 0. The third-order valence-corrected chi connectivity index (χ3v) is 3.21. The number of rotatable bonds is 7. The number of aliphatic hydroxyl groups is 1. The van der Waals surface area contributed by atoms with Gasteiger partial charge in [0.25, 0.3) is 0 Å². The van der Waals surface area contributed by atoms with Crippen molar-refractivity contribution in [1.29, 1.82) is 0 Å². The fraction of sp³-hybridized carbons (Fsp3) is 0.588. The first kappa shape index (κ1) is 18.5. The Kier molecular flexibility index (Phi) is 6.84. The van der Waals surface area contributed by atoms with Crippen LogP contribution >= 0.6 is 0 Å². The van der Waals surface area contributed by atoms with Crippen LogP contribution in [0.15, 0.2) is 30.3 Å². The number of urea groups is 1.